The number of carboxylic acid groups (broad SMARTS) is 2. The van der Waals surface area contributed by atoms with Crippen LogP contribution >= 0.6 is 11.8 Å². The highest BCUT2D eigenvalue weighted by Gasteiger charge is 2.22. The first-order valence-corrected chi connectivity index (χ1v) is 6.89. The summed E-state index contributed by atoms with van der Waals surface area (Å²) in [6.45, 7) is 0. The van der Waals surface area contributed by atoms with E-state index in [0.29, 0.717) is 5.75 Å². The maximum atomic E-state index is 11.5. The molecular weight excluding hydrogens is 282 g/mol. The molecule has 0 fully saturated rings. The molecule has 6 nitrogen and oxygen atoms in total. The van der Waals surface area contributed by atoms with Gasteiger partial charge >= 0.3 is 11.9 Å². The van der Waals surface area contributed by atoms with Crippen LogP contribution in [0.15, 0.2) is 35.2 Å². The summed E-state index contributed by atoms with van der Waals surface area (Å²) in [6, 6.07) is 8.09. The molecule has 0 heterocycles. The third-order valence-electron chi connectivity index (χ3n) is 2.35. The first-order valence-electron chi connectivity index (χ1n) is 5.91. The van der Waals surface area contributed by atoms with E-state index in [9.17, 15) is 14.4 Å². The van der Waals surface area contributed by atoms with E-state index in [4.69, 9.17) is 10.2 Å². The largest absolute Gasteiger partial charge is 0.481 e. The minimum absolute atomic E-state index is 0.128. The number of rotatable bonds is 8. The molecular formula is C13H15NO5S. The molecule has 0 aromatic heterocycles. The van der Waals surface area contributed by atoms with Crippen molar-refractivity contribution in [2.24, 2.45) is 0 Å². The Labute approximate surface area is 120 Å². The summed E-state index contributed by atoms with van der Waals surface area (Å²) in [5, 5.41) is 19.5. The molecule has 1 aromatic carbocycles. The van der Waals surface area contributed by atoms with Gasteiger partial charge in [-0.3, -0.25) is 9.59 Å². The number of hydrogen-bond acceptors (Lipinski definition) is 4. The molecule has 1 atom stereocenters. The predicted molar refractivity (Wildman–Crippen MR) is 73.6 cm³/mol. The number of carbonyl (C=O) groups is 3. The highest BCUT2D eigenvalue weighted by Crippen LogP contribution is 2.17. The smallest absolute Gasteiger partial charge is 0.326 e. The second-order valence-corrected chi connectivity index (χ2v) is 5.14. The van der Waals surface area contributed by atoms with Crippen molar-refractivity contribution in [3.63, 3.8) is 0 Å². The number of benzene rings is 1. The second-order valence-electron chi connectivity index (χ2n) is 3.97. The van der Waals surface area contributed by atoms with E-state index < -0.39 is 30.3 Å². The van der Waals surface area contributed by atoms with Crippen LogP contribution in [0, 0.1) is 0 Å². The van der Waals surface area contributed by atoms with Gasteiger partial charge in [0.05, 0.1) is 6.42 Å². The Kier molecular flexibility index (Phi) is 6.58. The quantitative estimate of drug-likeness (QED) is 0.623. The van der Waals surface area contributed by atoms with Crippen molar-refractivity contribution < 1.29 is 24.6 Å². The van der Waals surface area contributed by atoms with Crippen LogP contribution in [-0.2, 0) is 14.4 Å². The number of thioether (sulfide) groups is 1. The van der Waals surface area contributed by atoms with E-state index in [1.165, 1.54) is 11.8 Å². The summed E-state index contributed by atoms with van der Waals surface area (Å²) in [5.74, 6) is -2.59. The Bertz CT molecular complexity index is 477. The summed E-state index contributed by atoms with van der Waals surface area (Å²) in [6.07, 6.45) is -0.504. The average Bonchev–Trinajstić information content (AvgIpc) is 2.38. The van der Waals surface area contributed by atoms with E-state index in [1.54, 1.807) is 0 Å². The van der Waals surface area contributed by atoms with Gasteiger partial charge in [-0.2, -0.15) is 0 Å². The molecule has 3 N–H and O–H groups in total. The lowest BCUT2D eigenvalue weighted by molar-refractivity contribution is -0.147. The van der Waals surface area contributed by atoms with Crippen molar-refractivity contribution in [1.29, 1.82) is 0 Å². The molecule has 0 saturated heterocycles. The molecule has 0 aliphatic heterocycles. The van der Waals surface area contributed by atoms with Gasteiger partial charge in [0, 0.05) is 17.1 Å². The number of hydrogen-bond donors (Lipinski definition) is 3. The maximum absolute atomic E-state index is 11.5. The molecule has 0 bridgehead atoms. The molecule has 0 aliphatic carbocycles. The summed E-state index contributed by atoms with van der Waals surface area (Å²) < 4.78 is 0. The molecule has 108 valence electrons. The molecule has 0 radical (unpaired) electrons. The van der Waals surface area contributed by atoms with Gasteiger partial charge in [0.2, 0.25) is 5.91 Å². The van der Waals surface area contributed by atoms with Gasteiger partial charge in [-0.05, 0) is 12.1 Å². The summed E-state index contributed by atoms with van der Waals surface area (Å²) in [5.41, 5.74) is 0. The third kappa shape index (κ3) is 6.24. The monoisotopic (exact) mass is 297 g/mol. The van der Waals surface area contributed by atoms with E-state index >= 15 is 0 Å². The lowest BCUT2D eigenvalue weighted by atomic mass is 10.2. The third-order valence-corrected chi connectivity index (χ3v) is 3.37. The van der Waals surface area contributed by atoms with Crippen LogP contribution < -0.4 is 5.32 Å². The van der Waals surface area contributed by atoms with E-state index in [2.05, 4.69) is 5.32 Å². The molecule has 1 amide bonds. The molecule has 0 aliphatic rings. The number of amides is 1. The minimum Gasteiger partial charge on any atom is -0.481 e. The van der Waals surface area contributed by atoms with E-state index in [0.717, 1.165) is 4.90 Å². The lowest BCUT2D eigenvalue weighted by Crippen LogP contribution is -2.42. The second kappa shape index (κ2) is 8.21. The lowest BCUT2D eigenvalue weighted by Gasteiger charge is -2.12. The van der Waals surface area contributed by atoms with Crippen molar-refractivity contribution in [3.8, 4) is 0 Å². The topological polar surface area (TPSA) is 104 Å². The highest BCUT2D eigenvalue weighted by atomic mass is 32.2. The van der Waals surface area contributed by atoms with Crippen LogP contribution in [-0.4, -0.2) is 39.9 Å². The first-order chi connectivity index (χ1) is 9.49. The van der Waals surface area contributed by atoms with Crippen LogP contribution in [0.2, 0.25) is 0 Å². The Morgan fingerprint density at radius 3 is 2.35 bits per heavy atom. The van der Waals surface area contributed by atoms with Crippen LogP contribution in [0.25, 0.3) is 0 Å². The van der Waals surface area contributed by atoms with Crippen molar-refractivity contribution >= 4 is 29.6 Å². The van der Waals surface area contributed by atoms with E-state index in [-0.39, 0.29) is 6.42 Å². The van der Waals surface area contributed by atoms with Crippen LogP contribution in [0.3, 0.4) is 0 Å². The molecule has 7 heteroatoms. The van der Waals surface area contributed by atoms with Gasteiger partial charge in [-0.15, -0.1) is 11.8 Å². The molecule has 1 rings (SSSR count). The fourth-order valence-electron chi connectivity index (χ4n) is 1.42. The Hall–Kier alpha value is -2.02. The molecule has 0 saturated carbocycles. The molecule has 0 unspecified atom stereocenters. The van der Waals surface area contributed by atoms with Crippen molar-refractivity contribution in [3.05, 3.63) is 30.3 Å². The van der Waals surface area contributed by atoms with Gasteiger partial charge in [0.1, 0.15) is 6.04 Å². The predicted octanol–water partition coefficient (Wildman–Crippen LogP) is 1.21. The fourth-order valence-corrected chi connectivity index (χ4v) is 2.29. The van der Waals surface area contributed by atoms with Gasteiger partial charge in [-0.1, -0.05) is 18.2 Å². The first kappa shape index (κ1) is 16.0. The van der Waals surface area contributed by atoms with Crippen LogP contribution in [0.1, 0.15) is 12.8 Å². The summed E-state index contributed by atoms with van der Waals surface area (Å²) in [7, 11) is 0. The Morgan fingerprint density at radius 2 is 1.80 bits per heavy atom. The van der Waals surface area contributed by atoms with Gasteiger partial charge in [0.15, 0.2) is 0 Å². The fraction of sp³-hybridized carbons (Fsp3) is 0.308. The van der Waals surface area contributed by atoms with Gasteiger partial charge < -0.3 is 15.5 Å². The Balaban J connectivity index is 2.35. The maximum Gasteiger partial charge on any atom is 0.326 e. The average molecular weight is 297 g/mol. The van der Waals surface area contributed by atoms with Crippen molar-refractivity contribution in [2.75, 3.05) is 5.75 Å². The van der Waals surface area contributed by atoms with Crippen LogP contribution in [0.4, 0.5) is 0 Å². The van der Waals surface area contributed by atoms with Crippen molar-refractivity contribution in [1.82, 2.24) is 5.32 Å². The normalized spacial score (nSPS) is 11.6. The zero-order valence-corrected chi connectivity index (χ0v) is 11.4. The number of carbonyl (C=O) groups excluding carboxylic acids is 1. The van der Waals surface area contributed by atoms with Crippen LogP contribution in [0.5, 0.6) is 0 Å². The minimum atomic E-state index is -1.39. The van der Waals surface area contributed by atoms with Gasteiger partial charge in [0.25, 0.3) is 0 Å². The van der Waals surface area contributed by atoms with E-state index in [1.807, 2.05) is 30.3 Å². The molecule has 1 aromatic rings. The zero-order chi connectivity index (χ0) is 15.0. The number of carboxylic acids is 2. The Morgan fingerprint density at radius 1 is 1.15 bits per heavy atom. The van der Waals surface area contributed by atoms with Gasteiger partial charge in [-0.25, -0.2) is 4.79 Å². The summed E-state index contributed by atoms with van der Waals surface area (Å²) in [4.78, 5) is 33.8. The SMILES string of the molecule is O=C(O)C[C@H](NC(=O)CCSc1ccccc1)C(=O)O. The zero-order valence-electron chi connectivity index (χ0n) is 10.6. The molecule has 0 spiro atoms. The number of nitrogens with one attached hydrogen (secondary N) is 1. The summed E-state index contributed by atoms with van der Waals surface area (Å²) >= 11 is 1.47. The molecule has 20 heavy (non-hydrogen) atoms. The number of aliphatic carboxylic acids is 2. The highest BCUT2D eigenvalue weighted by molar-refractivity contribution is 7.99. The standard InChI is InChI=1S/C13H15NO5S/c15-11(14-10(13(18)19)8-12(16)17)6-7-20-9-4-2-1-3-5-9/h1-5,10H,6-8H2,(H,14,15)(H,16,17)(H,18,19)/t10-/m0/s1. The van der Waals surface area contributed by atoms with Crippen molar-refractivity contribution in [2.45, 2.75) is 23.8 Å².